The molecule has 1 rings (SSSR count). The molecule has 92 valence electrons. The highest BCUT2D eigenvalue weighted by Gasteiger charge is 2.22. The summed E-state index contributed by atoms with van der Waals surface area (Å²) in [6.45, 7) is 5.23. The number of hydrogen-bond acceptors (Lipinski definition) is 4. The van der Waals surface area contributed by atoms with Crippen molar-refractivity contribution in [3.8, 4) is 0 Å². The van der Waals surface area contributed by atoms with Crippen LogP contribution in [-0.2, 0) is 9.59 Å². The smallest absolute Gasteiger partial charge is 0.327 e. The number of nitrogens with zero attached hydrogens (tertiary/aromatic N) is 1. The van der Waals surface area contributed by atoms with Gasteiger partial charge in [0, 0.05) is 26.6 Å². The molecule has 16 heavy (non-hydrogen) atoms. The van der Waals surface area contributed by atoms with Crippen molar-refractivity contribution in [3.05, 3.63) is 0 Å². The van der Waals surface area contributed by atoms with Crippen molar-refractivity contribution in [1.29, 1.82) is 0 Å². The lowest BCUT2D eigenvalue weighted by Gasteiger charge is -2.23. The van der Waals surface area contributed by atoms with Crippen LogP contribution in [-0.4, -0.2) is 60.6 Å². The van der Waals surface area contributed by atoms with Crippen LogP contribution in [0.1, 0.15) is 13.3 Å². The van der Waals surface area contributed by atoms with Crippen LogP contribution in [0.25, 0.3) is 0 Å². The van der Waals surface area contributed by atoms with Gasteiger partial charge in [0.05, 0.1) is 0 Å². The molecule has 1 unspecified atom stereocenters. The normalized spacial score (nSPS) is 19.8. The van der Waals surface area contributed by atoms with Gasteiger partial charge < -0.3 is 15.7 Å². The van der Waals surface area contributed by atoms with E-state index < -0.39 is 12.0 Å². The number of rotatable bonds is 4. The summed E-state index contributed by atoms with van der Waals surface area (Å²) in [5.41, 5.74) is 0. The Morgan fingerprint density at radius 3 is 2.81 bits per heavy atom. The standard InChI is InChI=1S/C10H19N3O3/c1-8(14)12-9(10(15)16)7-13-5-2-3-11-4-6-13/h9,11H,2-7H2,1H3,(H,12,14)(H,15,16). The molecule has 3 N–H and O–H groups in total. The van der Waals surface area contributed by atoms with Crippen molar-refractivity contribution < 1.29 is 14.7 Å². The van der Waals surface area contributed by atoms with Crippen LogP contribution in [0.2, 0.25) is 0 Å². The van der Waals surface area contributed by atoms with E-state index in [1.165, 1.54) is 6.92 Å². The lowest BCUT2D eigenvalue weighted by atomic mass is 10.2. The van der Waals surface area contributed by atoms with Gasteiger partial charge in [0.25, 0.3) is 0 Å². The second kappa shape index (κ2) is 6.44. The Morgan fingerprint density at radius 1 is 1.44 bits per heavy atom. The molecule has 0 bridgehead atoms. The van der Waals surface area contributed by atoms with Crippen molar-refractivity contribution in [2.24, 2.45) is 0 Å². The van der Waals surface area contributed by atoms with Gasteiger partial charge in [-0.1, -0.05) is 0 Å². The zero-order valence-corrected chi connectivity index (χ0v) is 9.53. The van der Waals surface area contributed by atoms with Crippen LogP contribution in [0.15, 0.2) is 0 Å². The number of carbonyl (C=O) groups excluding carboxylic acids is 1. The van der Waals surface area contributed by atoms with Gasteiger partial charge in [-0.3, -0.25) is 9.69 Å². The molecule has 1 heterocycles. The van der Waals surface area contributed by atoms with Crippen LogP contribution in [0.5, 0.6) is 0 Å². The van der Waals surface area contributed by atoms with Gasteiger partial charge >= 0.3 is 5.97 Å². The molecule has 6 heteroatoms. The lowest BCUT2D eigenvalue weighted by Crippen LogP contribution is -2.48. The van der Waals surface area contributed by atoms with E-state index in [9.17, 15) is 9.59 Å². The van der Waals surface area contributed by atoms with Crippen molar-refractivity contribution in [1.82, 2.24) is 15.5 Å². The SMILES string of the molecule is CC(=O)NC(CN1CCCNCC1)C(=O)O. The van der Waals surface area contributed by atoms with E-state index in [0.717, 1.165) is 32.6 Å². The minimum atomic E-state index is -0.979. The molecule has 0 aromatic rings. The molecular weight excluding hydrogens is 210 g/mol. The van der Waals surface area contributed by atoms with E-state index in [0.29, 0.717) is 6.54 Å². The Labute approximate surface area is 95.0 Å². The fourth-order valence-electron chi connectivity index (χ4n) is 1.77. The highest BCUT2D eigenvalue weighted by molar-refractivity contribution is 5.82. The zero-order valence-electron chi connectivity index (χ0n) is 9.53. The zero-order chi connectivity index (χ0) is 12.0. The molecule has 1 fully saturated rings. The summed E-state index contributed by atoms with van der Waals surface area (Å²) < 4.78 is 0. The summed E-state index contributed by atoms with van der Waals surface area (Å²) in [7, 11) is 0. The second-order valence-corrected chi connectivity index (χ2v) is 4.00. The molecule has 0 radical (unpaired) electrons. The van der Waals surface area contributed by atoms with Gasteiger partial charge in [-0.2, -0.15) is 0 Å². The Kier molecular flexibility index (Phi) is 5.21. The third-order valence-corrected chi connectivity index (χ3v) is 2.55. The van der Waals surface area contributed by atoms with E-state index in [2.05, 4.69) is 15.5 Å². The van der Waals surface area contributed by atoms with E-state index in [-0.39, 0.29) is 5.91 Å². The Hall–Kier alpha value is -1.14. The molecule has 1 aliphatic rings. The van der Waals surface area contributed by atoms with Crippen LogP contribution < -0.4 is 10.6 Å². The highest BCUT2D eigenvalue weighted by Crippen LogP contribution is 1.98. The highest BCUT2D eigenvalue weighted by atomic mass is 16.4. The molecule has 1 aliphatic heterocycles. The molecule has 0 spiro atoms. The molecule has 0 aliphatic carbocycles. The fourth-order valence-corrected chi connectivity index (χ4v) is 1.77. The van der Waals surface area contributed by atoms with Gasteiger partial charge in [0.2, 0.25) is 5.91 Å². The number of carboxylic acid groups (broad SMARTS) is 1. The van der Waals surface area contributed by atoms with Crippen molar-refractivity contribution >= 4 is 11.9 Å². The van der Waals surface area contributed by atoms with Gasteiger partial charge in [0.15, 0.2) is 0 Å². The van der Waals surface area contributed by atoms with Gasteiger partial charge in [0.1, 0.15) is 6.04 Å². The molecular formula is C10H19N3O3. The first kappa shape index (κ1) is 12.9. The second-order valence-electron chi connectivity index (χ2n) is 4.00. The number of aliphatic carboxylic acids is 1. The quantitative estimate of drug-likeness (QED) is 0.568. The van der Waals surface area contributed by atoms with E-state index in [1.54, 1.807) is 0 Å². The maximum Gasteiger partial charge on any atom is 0.327 e. The first-order valence-corrected chi connectivity index (χ1v) is 5.52. The first-order valence-electron chi connectivity index (χ1n) is 5.52. The summed E-state index contributed by atoms with van der Waals surface area (Å²) in [5, 5.41) is 14.7. The third-order valence-electron chi connectivity index (χ3n) is 2.55. The van der Waals surface area contributed by atoms with Gasteiger partial charge in [-0.25, -0.2) is 4.79 Å². The molecule has 1 atom stereocenters. The third kappa shape index (κ3) is 4.59. The average Bonchev–Trinajstić information content (AvgIpc) is 2.44. The Morgan fingerprint density at radius 2 is 2.19 bits per heavy atom. The predicted molar refractivity (Wildman–Crippen MR) is 59.2 cm³/mol. The van der Waals surface area contributed by atoms with Gasteiger partial charge in [-0.05, 0) is 19.5 Å². The monoisotopic (exact) mass is 229 g/mol. The minimum absolute atomic E-state index is 0.305. The largest absolute Gasteiger partial charge is 0.480 e. The molecule has 1 saturated heterocycles. The van der Waals surface area contributed by atoms with Crippen LogP contribution in [0.3, 0.4) is 0 Å². The first-order chi connectivity index (χ1) is 7.59. The van der Waals surface area contributed by atoms with Crippen LogP contribution in [0, 0.1) is 0 Å². The summed E-state index contributed by atoms with van der Waals surface area (Å²) in [5.74, 6) is -1.28. The number of hydrogen-bond donors (Lipinski definition) is 3. The number of carbonyl (C=O) groups is 2. The molecule has 6 nitrogen and oxygen atoms in total. The average molecular weight is 229 g/mol. The summed E-state index contributed by atoms with van der Waals surface area (Å²) in [6, 6.07) is -0.810. The fraction of sp³-hybridized carbons (Fsp3) is 0.800. The van der Waals surface area contributed by atoms with Crippen LogP contribution in [0.4, 0.5) is 0 Å². The number of nitrogens with one attached hydrogen (secondary N) is 2. The molecule has 0 aromatic carbocycles. The lowest BCUT2D eigenvalue weighted by molar-refractivity contribution is -0.142. The predicted octanol–water partition coefficient (Wildman–Crippen LogP) is -1.13. The van der Waals surface area contributed by atoms with Crippen molar-refractivity contribution in [2.75, 3.05) is 32.7 Å². The van der Waals surface area contributed by atoms with Crippen molar-refractivity contribution in [2.45, 2.75) is 19.4 Å². The summed E-state index contributed by atoms with van der Waals surface area (Å²) >= 11 is 0. The maximum absolute atomic E-state index is 10.9. The number of carboxylic acids is 1. The van der Waals surface area contributed by atoms with Crippen molar-refractivity contribution in [3.63, 3.8) is 0 Å². The number of amides is 1. The maximum atomic E-state index is 10.9. The summed E-state index contributed by atoms with van der Waals surface area (Å²) in [4.78, 5) is 23.9. The van der Waals surface area contributed by atoms with Crippen LogP contribution >= 0.6 is 0 Å². The van der Waals surface area contributed by atoms with E-state index in [1.807, 2.05) is 0 Å². The van der Waals surface area contributed by atoms with Gasteiger partial charge in [-0.15, -0.1) is 0 Å². The van der Waals surface area contributed by atoms with E-state index >= 15 is 0 Å². The summed E-state index contributed by atoms with van der Waals surface area (Å²) in [6.07, 6.45) is 1.01. The minimum Gasteiger partial charge on any atom is -0.480 e. The van der Waals surface area contributed by atoms with E-state index in [4.69, 9.17) is 5.11 Å². The molecule has 0 aromatic heterocycles. The topological polar surface area (TPSA) is 81.7 Å². The Bertz CT molecular complexity index is 250. The Balaban J connectivity index is 2.45. The molecule has 0 saturated carbocycles. The molecule has 1 amide bonds.